The van der Waals surface area contributed by atoms with Gasteiger partial charge in [0.15, 0.2) is 0 Å². The summed E-state index contributed by atoms with van der Waals surface area (Å²) < 4.78 is 30.8. The third-order valence-electron chi connectivity index (χ3n) is 7.78. The van der Waals surface area contributed by atoms with Crippen LogP contribution in [0.1, 0.15) is 80.6 Å². The average molecular weight is 552 g/mol. The minimum Gasteiger partial charge on any atom is -0.457 e. The largest absolute Gasteiger partial charge is 0.457 e. The van der Waals surface area contributed by atoms with Gasteiger partial charge in [-0.15, -0.1) is 0 Å². The summed E-state index contributed by atoms with van der Waals surface area (Å²) in [4.78, 5) is 36.1. The van der Waals surface area contributed by atoms with Crippen LogP contribution in [0.4, 0.5) is 4.39 Å². The van der Waals surface area contributed by atoms with E-state index in [4.69, 9.17) is 14.2 Å². The van der Waals surface area contributed by atoms with E-state index < -0.39 is 42.0 Å². The van der Waals surface area contributed by atoms with E-state index in [2.05, 4.69) is 12.1 Å². The van der Waals surface area contributed by atoms with Crippen LogP contribution >= 0.6 is 0 Å². The number of nitroso groups, excluding NO2 is 1. The predicted octanol–water partition coefficient (Wildman–Crippen LogP) is 5.77. The molecular formula is C30H46FNO7. The van der Waals surface area contributed by atoms with Crippen molar-refractivity contribution in [2.75, 3.05) is 0 Å². The number of epoxide rings is 1. The van der Waals surface area contributed by atoms with E-state index in [1.165, 1.54) is 6.92 Å². The van der Waals surface area contributed by atoms with Gasteiger partial charge in [0.1, 0.15) is 23.9 Å². The maximum Gasteiger partial charge on any atom is 0.309 e. The Hall–Kier alpha value is -2.39. The van der Waals surface area contributed by atoms with Gasteiger partial charge in [0.25, 0.3) is 0 Å². The third-order valence-corrected chi connectivity index (χ3v) is 7.78. The number of halogens is 1. The number of ether oxygens (including phenoxy) is 3. The van der Waals surface area contributed by atoms with E-state index in [1.54, 1.807) is 19.1 Å². The first-order valence-corrected chi connectivity index (χ1v) is 14.0. The second kappa shape index (κ2) is 14.8. The summed E-state index contributed by atoms with van der Waals surface area (Å²) in [5.74, 6) is -1.32. The number of aliphatic hydroxyl groups is 1. The van der Waals surface area contributed by atoms with Crippen LogP contribution in [-0.4, -0.2) is 59.3 Å². The summed E-state index contributed by atoms with van der Waals surface area (Å²) in [6, 6.07) is 0. The Balaban J connectivity index is 2.16. The molecule has 1 N–H and O–H groups in total. The fourth-order valence-corrected chi connectivity index (χ4v) is 5.05. The minimum absolute atomic E-state index is 0.0289. The van der Waals surface area contributed by atoms with E-state index in [-0.39, 0.29) is 49.2 Å². The monoisotopic (exact) mass is 551 g/mol. The third kappa shape index (κ3) is 9.94. The minimum atomic E-state index is -1.30. The molecule has 2 aliphatic rings. The molecule has 220 valence electrons. The number of rotatable bonds is 10. The van der Waals surface area contributed by atoms with E-state index >= 15 is 0 Å². The number of aliphatic hydroxyl groups excluding tert-OH is 1. The molecule has 0 saturated carbocycles. The molecule has 39 heavy (non-hydrogen) atoms. The van der Waals surface area contributed by atoms with Crippen LogP contribution in [0.15, 0.2) is 41.1 Å². The van der Waals surface area contributed by atoms with Crippen molar-refractivity contribution in [3.63, 3.8) is 0 Å². The number of hydrogen-bond donors (Lipinski definition) is 1. The van der Waals surface area contributed by atoms with Crippen LogP contribution < -0.4 is 0 Å². The summed E-state index contributed by atoms with van der Waals surface area (Å²) in [5, 5.41) is 13.6. The number of esters is 2. The topological polar surface area (TPSA) is 115 Å². The first kappa shape index (κ1) is 32.8. The molecule has 10 atom stereocenters. The molecule has 0 aromatic heterocycles. The molecule has 0 aromatic rings. The summed E-state index contributed by atoms with van der Waals surface area (Å²) in [5.41, 5.74) is -0.511. The van der Waals surface area contributed by atoms with Gasteiger partial charge in [0.2, 0.25) is 0 Å². The van der Waals surface area contributed by atoms with Crippen molar-refractivity contribution in [3.8, 4) is 0 Å². The van der Waals surface area contributed by atoms with Crippen LogP contribution in [-0.2, 0) is 23.8 Å². The van der Waals surface area contributed by atoms with E-state index in [1.807, 2.05) is 45.9 Å². The Kier molecular flexibility index (Phi) is 12.5. The van der Waals surface area contributed by atoms with Crippen LogP contribution in [0, 0.1) is 22.7 Å². The highest BCUT2D eigenvalue weighted by Gasteiger charge is 2.45. The highest BCUT2D eigenvalue weighted by Crippen LogP contribution is 2.37. The van der Waals surface area contributed by atoms with Crippen molar-refractivity contribution in [2.24, 2.45) is 22.9 Å². The molecule has 0 bridgehead atoms. The van der Waals surface area contributed by atoms with Crippen LogP contribution in [0.5, 0.6) is 0 Å². The molecule has 0 radical (unpaired) electrons. The standard InChI is InChI=1S/C30H46FNO7/c1-8-24(31)21(5)29-25(38-29)16-18(2)10-9-11-19(3)28-20(4)12-13-26(37-22(6)33)30(7,32-36)15-14-23(34)17-27(35)39-28/h9-13,18,20-21,23-26,28-29,34H,8,14-17H2,1-7H3/b10-9+,13-12+,19-11+. The van der Waals surface area contributed by atoms with Gasteiger partial charge < -0.3 is 19.3 Å². The summed E-state index contributed by atoms with van der Waals surface area (Å²) in [6.07, 6.45) is 7.11. The lowest BCUT2D eigenvalue weighted by Gasteiger charge is -2.31. The number of cyclic esters (lactones) is 1. The fourth-order valence-electron chi connectivity index (χ4n) is 5.05. The summed E-state index contributed by atoms with van der Waals surface area (Å²) in [7, 11) is 0. The Morgan fingerprint density at radius 1 is 1.33 bits per heavy atom. The van der Waals surface area contributed by atoms with Gasteiger partial charge in [-0.1, -0.05) is 57.2 Å². The molecule has 10 unspecified atom stereocenters. The first-order chi connectivity index (χ1) is 18.3. The van der Waals surface area contributed by atoms with Gasteiger partial charge in [0.05, 0.1) is 24.7 Å². The fraction of sp³-hybridized carbons (Fsp3) is 0.733. The van der Waals surface area contributed by atoms with Gasteiger partial charge in [-0.3, -0.25) is 9.59 Å². The van der Waals surface area contributed by atoms with Crippen molar-refractivity contribution >= 4 is 11.9 Å². The lowest BCUT2D eigenvalue weighted by molar-refractivity contribution is -0.151. The summed E-state index contributed by atoms with van der Waals surface area (Å²) in [6.45, 7) is 12.4. The molecule has 0 aromatic carbocycles. The summed E-state index contributed by atoms with van der Waals surface area (Å²) >= 11 is 0. The highest BCUT2D eigenvalue weighted by atomic mass is 19.1. The number of carbonyl (C=O) groups is 2. The second-order valence-electron chi connectivity index (χ2n) is 11.5. The molecule has 9 heteroatoms. The Morgan fingerprint density at radius 2 is 2.03 bits per heavy atom. The Morgan fingerprint density at radius 3 is 2.64 bits per heavy atom. The Labute approximate surface area is 232 Å². The van der Waals surface area contributed by atoms with E-state index in [0.717, 1.165) is 12.0 Å². The molecule has 2 aliphatic heterocycles. The van der Waals surface area contributed by atoms with Gasteiger partial charge in [-0.2, -0.15) is 4.91 Å². The number of carbonyl (C=O) groups excluding carboxylic acids is 2. The zero-order chi connectivity index (χ0) is 29.3. The van der Waals surface area contributed by atoms with Crippen molar-refractivity contribution in [1.82, 2.24) is 0 Å². The van der Waals surface area contributed by atoms with Gasteiger partial charge in [0, 0.05) is 18.8 Å². The highest BCUT2D eigenvalue weighted by molar-refractivity contribution is 5.70. The molecule has 2 rings (SSSR count). The van der Waals surface area contributed by atoms with Crippen molar-refractivity contribution in [2.45, 2.75) is 123 Å². The maximum atomic E-state index is 14.0. The molecule has 0 aliphatic carbocycles. The van der Waals surface area contributed by atoms with E-state index in [0.29, 0.717) is 6.42 Å². The first-order valence-electron chi connectivity index (χ1n) is 14.0. The zero-order valence-corrected chi connectivity index (χ0v) is 24.3. The smallest absolute Gasteiger partial charge is 0.309 e. The quantitative estimate of drug-likeness (QED) is 0.120. The zero-order valence-electron chi connectivity index (χ0n) is 24.3. The molecular weight excluding hydrogens is 505 g/mol. The van der Waals surface area contributed by atoms with Gasteiger partial charge in [-0.05, 0) is 57.1 Å². The Bertz CT molecular complexity index is 934. The molecule has 1 fully saturated rings. The maximum absolute atomic E-state index is 14.0. The second-order valence-corrected chi connectivity index (χ2v) is 11.5. The molecule has 0 spiro atoms. The van der Waals surface area contributed by atoms with Crippen molar-refractivity contribution in [3.05, 3.63) is 40.9 Å². The normalized spacial score (nSPS) is 35.6. The molecule has 8 nitrogen and oxygen atoms in total. The lowest BCUT2D eigenvalue weighted by atomic mass is 9.86. The van der Waals surface area contributed by atoms with Gasteiger partial charge >= 0.3 is 11.9 Å². The predicted molar refractivity (Wildman–Crippen MR) is 147 cm³/mol. The van der Waals surface area contributed by atoms with Crippen molar-refractivity contribution < 1.29 is 33.3 Å². The molecule has 0 amide bonds. The van der Waals surface area contributed by atoms with Crippen LogP contribution in [0.3, 0.4) is 0 Å². The SMILES string of the molecule is CCC(F)C(C)C1OC1CC(C)/C=C/C=C(\C)C1OC(=O)CC(O)CCC(C)(N=O)C(OC(C)=O)/C=C/C1C. The van der Waals surface area contributed by atoms with Gasteiger partial charge in [-0.25, -0.2) is 4.39 Å². The van der Waals surface area contributed by atoms with Crippen LogP contribution in [0.25, 0.3) is 0 Å². The molecule has 1 saturated heterocycles. The van der Waals surface area contributed by atoms with Crippen molar-refractivity contribution in [1.29, 1.82) is 0 Å². The number of alkyl halides is 1. The van der Waals surface area contributed by atoms with E-state index in [9.17, 15) is 24.0 Å². The average Bonchev–Trinajstić information content (AvgIpc) is 3.64. The number of allylic oxidation sites excluding steroid dienone is 3. The number of nitrogens with zero attached hydrogens (tertiary/aromatic N) is 1. The molecule has 2 heterocycles. The van der Waals surface area contributed by atoms with Crippen LogP contribution in [0.2, 0.25) is 0 Å². The number of hydrogen-bond acceptors (Lipinski definition) is 8. The lowest BCUT2D eigenvalue weighted by Crippen LogP contribution is -2.40.